The second-order valence-corrected chi connectivity index (χ2v) is 15.4. The first-order valence-corrected chi connectivity index (χ1v) is 19.5. The number of benzene rings is 9. The molecule has 1 aliphatic carbocycles. The molecule has 0 N–H and O–H groups in total. The largest absolute Gasteiger partial charge is 0.310 e. The lowest BCUT2D eigenvalue weighted by atomic mass is 9.82. The molecule has 0 radical (unpaired) electrons. The molecule has 0 amide bonds. The van der Waals surface area contributed by atoms with Crippen molar-refractivity contribution in [3.63, 3.8) is 0 Å². The molecule has 0 atom stereocenters. The third-order valence-corrected chi connectivity index (χ3v) is 11.7. The van der Waals surface area contributed by atoms with Crippen molar-refractivity contribution in [2.24, 2.45) is 0 Å². The van der Waals surface area contributed by atoms with E-state index in [-0.39, 0.29) is 5.41 Å². The Morgan fingerprint density at radius 3 is 1.64 bits per heavy atom. The molecule has 0 heterocycles. The second-order valence-electron chi connectivity index (χ2n) is 15.4. The zero-order valence-corrected chi connectivity index (χ0v) is 31.7. The van der Waals surface area contributed by atoms with Gasteiger partial charge >= 0.3 is 0 Å². The van der Waals surface area contributed by atoms with Crippen LogP contribution >= 0.6 is 0 Å². The van der Waals surface area contributed by atoms with Gasteiger partial charge in [-0.2, -0.15) is 0 Å². The van der Waals surface area contributed by atoms with Gasteiger partial charge in [0.1, 0.15) is 0 Å². The molecule has 56 heavy (non-hydrogen) atoms. The van der Waals surface area contributed by atoms with Gasteiger partial charge in [0.2, 0.25) is 0 Å². The summed E-state index contributed by atoms with van der Waals surface area (Å²) < 4.78 is 0. The van der Waals surface area contributed by atoms with Crippen molar-refractivity contribution in [3.05, 3.63) is 223 Å². The molecule has 0 saturated heterocycles. The summed E-state index contributed by atoms with van der Waals surface area (Å²) in [4.78, 5) is 2.42. The van der Waals surface area contributed by atoms with Crippen molar-refractivity contribution in [1.29, 1.82) is 0 Å². The van der Waals surface area contributed by atoms with Crippen molar-refractivity contribution >= 4 is 27.8 Å². The minimum Gasteiger partial charge on any atom is -0.310 e. The molecule has 0 saturated carbocycles. The maximum Gasteiger partial charge on any atom is 0.0540 e. The van der Waals surface area contributed by atoms with Crippen molar-refractivity contribution in [2.45, 2.75) is 19.3 Å². The first-order valence-electron chi connectivity index (χ1n) is 19.5. The van der Waals surface area contributed by atoms with E-state index in [9.17, 15) is 0 Å². The van der Waals surface area contributed by atoms with E-state index >= 15 is 0 Å². The summed E-state index contributed by atoms with van der Waals surface area (Å²) in [7, 11) is 0. The highest BCUT2D eigenvalue weighted by atomic mass is 15.1. The van der Waals surface area contributed by atoms with E-state index in [4.69, 9.17) is 0 Å². The summed E-state index contributed by atoms with van der Waals surface area (Å²) in [5.74, 6) is 0. The molecule has 1 heteroatoms. The third kappa shape index (κ3) is 5.81. The molecule has 266 valence electrons. The normalized spacial score (nSPS) is 12.6. The second kappa shape index (κ2) is 13.7. The predicted molar refractivity (Wildman–Crippen MR) is 238 cm³/mol. The highest BCUT2D eigenvalue weighted by Gasteiger charge is 2.35. The lowest BCUT2D eigenvalue weighted by molar-refractivity contribution is 0.661. The smallest absolute Gasteiger partial charge is 0.0540 e. The average molecular weight is 716 g/mol. The van der Waals surface area contributed by atoms with E-state index in [2.05, 4.69) is 231 Å². The molecule has 1 nitrogen and oxygen atoms in total. The highest BCUT2D eigenvalue weighted by molar-refractivity contribution is 5.97. The minimum absolute atomic E-state index is 0.0425. The summed E-state index contributed by atoms with van der Waals surface area (Å²) in [6, 6.07) is 77.6. The molecule has 0 bridgehead atoms. The van der Waals surface area contributed by atoms with Crippen molar-refractivity contribution in [2.75, 3.05) is 4.90 Å². The fourth-order valence-corrected chi connectivity index (χ4v) is 8.79. The van der Waals surface area contributed by atoms with Gasteiger partial charge in [0.05, 0.1) is 5.69 Å². The van der Waals surface area contributed by atoms with Crippen LogP contribution in [0.4, 0.5) is 17.1 Å². The molecular weight excluding hydrogens is 675 g/mol. The minimum atomic E-state index is -0.0425. The number of anilines is 3. The van der Waals surface area contributed by atoms with Crippen molar-refractivity contribution in [1.82, 2.24) is 0 Å². The average Bonchev–Trinajstić information content (AvgIpc) is 3.48. The topological polar surface area (TPSA) is 3.24 Å². The van der Waals surface area contributed by atoms with E-state index in [0.717, 1.165) is 17.1 Å². The molecule has 0 aliphatic heterocycles. The molecule has 0 spiro atoms. The number of hydrogen-bond acceptors (Lipinski definition) is 1. The van der Waals surface area contributed by atoms with Crippen LogP contribution in [0.3, 0.4) is 0 Å². The van der Waals surface area contributed by atoms with Crippen LogP contribution < -0.4 is 4.90 Å². The molecule has 10 rings (SSSR count). The highest BCUT2D eigenvalue weighted by Crippen LogP contribution is 2.50. The Bertz CT molecular complexity index is 2870. The summed E-state index contributed by atoms with van der Waals surface area (Å²) in [6.07, 6.45) is 0. The molecule has 0 fully saturated rings. The van der Waals surface area contributed by atoms with Crippen LogP contribution in [0.5, 0.6) is 0 Å². The monoisotopic (exact) mass is 715 g/mol. The van der Waals surface area contributed by atoms with Gasteiger partial charge < -0.3 is 4.90 Å². The fourth-order valence-electron chi connectivity index (χ4n) is 8.79. The summed E-state index contributed by atoms with van der Waals surface area (Å²) in [5, 5.41) is 2.53. The fraction of sp³-hybridized carbons (Fsp3) is 0.0545. The molecule has 9 aromatic carbocycles. The Balaban J connectivity index is 1.11. The van der Waals surface area contributed by atoms with Gasteiger partial charge in [0.15, 0.2) is 0 Å². The Hall–Kier alpha value is -6.96. The summed E-state index contributed by atoms with van der Waals surface area (Å²) >= 11 is 0. The zero-order valence-electron chi connectivity index (χ0n) is 31.7. The first-order chi connectivity index (χ1) is 27.5. The Kier molecular flexibility index (Phi) is 8.23. The van der Waals surface area contributed by atoms with Gasteiger partial charge in [-0.3, -0.25) is 0 Å². The van der Waals surface area contributed by atoms with Crippen LogP contribution in [0.25, 0.3) is 66.4 Å². The van der Waals surface area contributed by atoms with E-state index in [0.29, 0.717) is 0 Å². The van der Waals surface area contributed by atoms with E-state index in [1.165, 1.54) is 77.5 Å². The lowest BCUT2D eigenvalue weighted by Crippen LogP contribution is -2.14. The van der Waals surface area contributed by atoms with Crippen molar-refractivity contribution < 1.29 is 0 Å². The third-order valence-electron chi connectivity index (χ3n) is 11.7. The van der Waals surface area contributed by atoms with Gasteiger partial charge in [-0.15, -0.1) is 0 Å². The quantitative estimate of drug-likeness (QED) is 0.159. The van der Waals surface area contributed by atoms with Gasteiger partial charge in [0.25, 0.3) is 0 Å². The van der Waals surface area contributed by atoms with Crippen LogP contribution in [0.1, 0.15) is 25.0 Å². The molecular formula is C55H41N. The number of nitrogens with zero attached hydrogens (tertiary/aromatic N) is 1. The van der Waals surface area contributed by atoms with Crippen LogP contribution in [0, 0.1) is 0 Å². The Labute approximate surface area is 329 Å². The summed E-state index contributed by atoms with van der Waals surface area (Å²) in [5.41, 5.74) is 18.4. The molecule has 1 aliphatic rings. The molecule has 0 unspecified atom stereocenters. The standard InChI is InChI=1S/C55H41N/c1-55(2)52-26-13-11-24-49(52)51-36-43-29-28-42(34-44(43)37-53(51)55)41-20-15-21-46(35-41)56(45-32-30-39(31-33-45)38-16-5-3-6-17-38)54-27-14-12-25-50(54)48-23-10-9-22-47(48)40-18-7-4-8-19-40/h3-37H,1-2H3. The van der Waals surface area contributed by atoms with Gasteiger partial charge in [-0.05, 0) is 121 Å². The number of hydrogen-bond donors (Lipinski definition) is 0. The van der Waals surface area contributed by atoms with E-state index in [1.54, 1.807) is 0 Å². The van der Waals surface area contributed by atoms with Crippen molar-refractivity contribution in [3.8, 4) is 55.6 Å². The van der Waals surface area contributed by atoms with Gasteiger partial charge in [-0.25, -0.2) is 0 Å². The number of rotatable bonds is 7. The zero-order chi connectivity index (χ0) is 37.6. The SMILES string of the molecule is CC1(C)c2ccccc2-c2cc3ccc(-c4cccc(N(c5ccc(-c6ccccc6)cc5)c5ccccc5-c5ccccc5-c5ccccc5)c4)cc3cc21. The van der Waals surface area contributed by atoms with Crippen LogP contribution in [0.15, 0.2) is 212 Å². The van der Waals surface area contributed by atoms with Crippen LogP contribution in [-0.2, 0) is 5.41 Å². The predicted octanol–water partition coefficient (Wildman–Crippen LogP) is 15.3. The maximum atomic E-state index is 2.43. The maximum absolute atomic E-state index is 2.43. The number of fused-ring (bicyclic) bond motifs is 4. The van der Waals surface area contributed by atoms with Crippen LogP contribution in [0.2, 0.25) is 0 Å². The molecule has 0 aromatic heterocycles. The van der Waals surface area contributed by atoms with Gasteiger partial charge in [-0.1, -0.05) is 178 Å². The summed E-state index contributed by atoms with van der Waals surface area (Å²) in [6.45, 7) is 4.71. The first kappa shape index (κ1) is 33.6. The molecule has 9 aromatic rings. The lowest BCUT2D eigenvalue weighted by Gasteiger charge is -2.29. The van der Waals surface area contributed by atoms with Crippen LogP contribution in [-0.4, -0.2) is 0 Å². The van der Waals surface area contributed by atoms with E-state index in [1.807, 2.05) is 0 Å². The Morgan fingerprint density at radius 2 is 0.875 bits per heavy atom. The Morgan fingerprint density at radius 1 is 0.304 bits per heavy atom. The van der Waals surface area contributed by atoms with Gasteiger partial charge in [0, 0.05) is 22.4 Å². The number of para-hydroxylation sites is 1. The van der Waals surface area contributed by atoms with E-state index < -0.39 is 0 Å².